The highest BCUT2D eigenvalue weighted by Gasteiger charge is 2.09. The summed E-state index contributed by atoms with van der Waals surface area (Å²) in [6.45, 7) is 1.95. The molecule has 5 nitrogen and oxygen atoms in total. The number of anilines is 1. The van der Waals surface area contributed by atoms with E-state index in [1.807, 2.05) is 30.3 Å². The first kappa shape index (κ1) is 11.2. The Morgan fingerprint density at radius 1 is 1.41 bits per heavy atom. The molecule has 2 aromatic rings. The Hall–Kier alpha value is -2.30. The molecule has 5 heteroatoms. The third-order valence-corrected chi connectivity index (χ3v) is 2.17. The zero-order valence-electron chi connectivity index (χ0n) is 9.34. The molecule has 0 spiro atoms. The summed E-state index contributed by atoms with van der Waals surface area (Å²) in [5, 5.41) is 2.47. The van der Waals surface area contributed by atoms with Crippen LogP contribution in [-0.4, -0.2) is 11.1 Å². The van der Waals surface area contributed by atoms with Gasteiger partial charge in [-0.1, -0.05) is 30.3 Å². The van der Waals surface area contributed by atoms with Crippen LogP contribution in [0.15, 0.2) is 41.1 Å². The van der Waals surface area contributed by atoms with Gasteiger partial charge in [0.1, 0.15) is 12.3 Å². The number of benzene rings is 1. The Balaban J connectivity index is 1.85. The molecular weight excluding hydrogens is 220 g/mol. The number of aryl methyl sites for hydroxylation is 1. The molecule has 0 unspecified atom stereocenters. The number of hydrogen-bond acceptors (Lipinski definition) is 4. The number of hydrogen-bond donors (Lipinski definition) is 1. The summed E-state index contributed by atoms with van der Waals surface area (Å²) < 4.78 is 9.98. The van der Waals surface area contributed by atoms with Gasteiger partial charge in [0.05, 0.1) is 0 Å². The Morgan fingerprint density at radius 2 is 2.18 bits per heavy atom. The van der Waals surface area contributed by atoms with Crippen LogP contribution in [0.3, 0.4) is 0 Å². The number of amides is 1. The molecule has 2 rings (SSSR count). The van der Waals surface area contributed by atoms with Gasteiger partial charge in [0, 0.05) is 0 Å². The van der Waals surface area contributed by atoms with Crippen LogP contribution in [0.4, 0.5) is 10.7 Å². The lowest BCUT2D eigenvalue weighted by Gasteiger charge is -2.05. The number of aromatic nitrogens is 1. The second kappa shape index (κ2) is 5.16. The van der Waals surface area contributed by atoms with E-state index in [4.69, 9.17) is 9.15 Å². The van der Waals surface area contributed by atoms with Gasteiger partial charge in [-0.3, -0.25) is 5.32 Å². The van der Waals surface area contributed by atoms with Gasteiger partial charge >= 0.3 is 6.09 Å². The lowest BCUT2D eigenvalue weighted by molar-refractivity contribution is 0.154. The summed E-state index contributed by atoms with van der Waals surface area (Å²) in [6.07, 6.45) is 0.705. The zero-order chi connectivity index (χ0) is 12.1. The summed E-state index contributed by atoms with van der Waals surface area (Å²) in [4.78, 5) is 15.3. The van der Waals surface area contributed by atoms with E-state index >= 15 is 0 Å². The average molecular weight is 232 g/mol. The van der Waals surface area contributed by atoms with Gasteiger partial charge in [0.25, 0.3) is 0 Å². The van der Waals surface area contributed by atoms with Gasteiger partial charge in [-0.25, -0.2) is 9.78 Å². The van der Waals surface area contributed by atoms with Crippen molar-refractivity contribution in [3.8, 4) is 0 Å². The predicted molar refractivity (Wildman–Crippen MR) is 61.5 cm³/mol. The summed E-state index contributed by atoms with van der Waals surface area (Å²) >= 11 is 0. The minimum absolute atomic E-state index is 0.222. The number of ether oxygens (including phenoxy) is 1. The van der Waals surface area contributed by atoms with Crippen LogP contribution in [0, 0.1) is 6.92 Å². The van der Waals surface area contributed by atoms with Crippen LogP contribution in [0.25, 0.3) is 0 Å². The lowest BCUT2D eigenvalue weighted by atomic mass is 10.2. The molecule has 1 aromatic heterocycles. The predicted octanol–water partition coefficient (Wildman–Crippen LogP) is 2.73. The molecule has 0 fully saturated rings. The van der Waals surface area contributed by atoms with Crippen molar-refractivity contribution in [1.29, 1.82) is 0 Å². The fourth-order valence-corrected chi connectivity index (χ4v) is 1.27. The van der Waals surface area contributed by atoms with Gasteiger partial charge < -0.3 is 9.15 Å². The minimum Gasteiger partial charge on any atom is -0.444 e. The highest BCUT2D eigenvalue weighted by Crippen LogP contribution is 2.12. The fraction of sp³-hybridized carbons (Fsp3) is 0.167. The topological polar surface area (TPSA) is 64.4 Å². The monoisotopic (exact) mass is 232 g/mol. The molecule has 0 bridgehead atoms. The molecule has 88 valence electrons. The fourth-order valence-electron chi connectivity index (χ4n) is 1.27. The molecule has 0 saturated heterocycles. The number of carbonyl (C=O) groups excluding carboxylic acids is 1. The van der Waals surface area contributed by atoms with Crippen molar-refractivity contribution >= 4 is 12.0 Å². The van der Waals surface area contributed by atoms with E-state index in [-0.39, 0.29) is 6.61 Å². The van der Waals surface area contributed by atoms with Crippen molar-refractivity contribution in [2.24, 2.45) is 0 Å². The molecule has 0 atom stereocenters. The van der Waals surface area contributed by atoms with Gasteiger partial charge in [0.15, 0.2) is 6.39 Å². The Labute approximate surface area is 98.4 Å². The molecular formula is C12H12N2O3. The summed E-state index contributed by atoms with van der Waals surface area (Å²) in [7, 11) is 0. The molecule has 0 aliphatic rings. The van der Waals surface area contributed by atoms with Crippen LogP contribution >= 0.6 is 0 Å². The Morgan fingerprint density at radius 3 is 2.82 bits per heavy atom. The smallest absolute Gasteiger partial charge is 0.414 e. The van der Waals surface area contributed by atoms with E-state index in [0.29, 0.717) is 11.6 Å². The first-order valence-corrected chi connectivity index (χ1v) is 5.13. The van der Waals surface area contributed by atoms with Crippen molar-refractivity contribution in [2.75, 3.05) is 5.32 Å². The number of rotatable bonds is 3. The maximum absolute atomic E-state index is 11.4. The SMILES string of the molecule is Cc1ncoc1NC(=O)OCc1ccccc1. The molecule has 0 aliphatic heterocycles. The first-order chi connectivity index (χ1) is 8.25. The van der Waals surface area contributed by atoms with Crippen LogP contribution < -0.4 is 5.32 Å². The largest absolute Gasteiger partial charge is 0.444 e. The maximum atomic E-state index is 11.4. The maximum Gasteiger partial charge on any atom is 0.414 e. The summed E-state index contributed by atoms with van der Waals surface area (Å²) in [6, 6.07) is 9.44. The van der Waals surface area contributed by atoms with Gasteiger partial charge in [-0.15, -0.1) is 0 Å². The second-order valence-electron chi connectivity index (χ2n) is 3.45. The van der Waals surface area contributed by atoms with Crippen LogP contribution in [0.1, 0.15) is 11.3 Å². The average Bonchev–Trinajstić information content (AvgIpc) is 2.74. The Kier molecular flexibility index (Phi) is 3.40. The van der Waals surface area contributed by atoms with Crippen molar-refractivity contribution in [1.82, 2.24) is 4.98 Å². The molecule has 1 N–H and O–H groups in total. The minimum atomic E-state index is -0.561. The van der Waals surface area contributed by atoms with Crippen LogP contribution in [-0.2, 0) is 11.3 Å². The van der Waals surface area contributed by atoms with Gasteiger partial charge in [0.2, 0.25) is 5.88 Å². The standard InChI is InChI=1S/C12H12N2O3/c1-9-11(17-8-13-9)14-12(15)16-7-10-5-3-2-4-6-10/h2-6,8H,7H2,1H3,(H,14,15). The molecule has 0 radical (unpaired) electrons. The number of nitrogens with zero attached hydrogens (tertiary/aromatic N) is 1. The van der Waals surface area contributed by atoms with E-state index in [1.165, 1.54) is 6.39 Å². The number of oxazole rings is 1. The van der Waals surface area contributed by atoms with E-state index in [2.05, 4.69) is 10.3 Å². The van der Waals surface area contributed by atoms with Crippen molar-refractivity contribution in [3.05, 3.63) is 48.0 Å². The molecule has 1 aromatic carbocycles. The number of nitrogens with one attached hydrogen (secondary N) is 1. The lowest BCUT2D eigenvalue weighted by Crippen LogP contribution is -2.13. The highest BCUT2D eigenvalue weighted by molar-refractivity contribution is 5.83. The highest BCUT2D eigenvalue weighted by atomic mass is 16.5. The molecule has 0 saturated carbocycles. The number of carbonyl (C=O) groups is 1. The second-order valence-corrected chi connectivity index (χ2v) is 3.45. The van der Waals surface area contributed by atoms with E-state index in [9.17, 15) is 4.79 Å². The van der Waals surface area contributed by atoms with Crippen molar-refractivity contribution in [2.45, 2.75) is 13.5 Å². The van der Waals surface area contributed by atoms with Crippen molar-refractivity contribution < 1.29 is 13.9 Å². The molecule has 1 amide bonds. The Bertz CT molecular complexity index is 493. The summed E-state index contributed by atoms with van der Waals surface area (Å²) in [5.74, 6) is 0.308. The van der Waals surface area contributed by atoms with Crippen LogP contribution in [0.5, 0.6) is 0 Å². The van der Waals surface area contributed by atoms with E-state index < -0.39 is 6.09 Å². The molecule has 1 heterocycles. The van der Waals surface area contributed by atoms with Crippen molar-refractivity contribution in [3.63, 3.8) is 0 Å². The van der Waals surface area contributed by atoms with Gasteiger partial charge in [-0.2, -0.15) is 0 Å². The third-order valence-electron chi connectivity index (χ3n) is 2.17. The quantitative estimate of drug-likeness (QED) is 0.883. The normalized spacial score (nSPS) is 9.94. The summed E-state index contributed by atoms with van der Waals surface area (Å²) in [5.41, 5.74) is 1.54. The molecule has 17 heavy (non-hydrogen) atoms. The van der Waals surface area contributed by atoms with E-state index in [0.717, 1.165) is 5.56 Å². The third kappa shape index (κ3) is 3.07. The first-order valence-electron chi connectivity index (χ1n) is 5.13. The van der Waals surface area contributed by atoms with Gasteiger partial charge in [-0.05, 0) is 12.5 Å². The molecule has 0 aliphatic carbocycles. The van der Waals surface area contributed by atoms with Crippen LogP contribution in [0.2, 0.25) is 0 Å². The van der Waals surface area contributed by atoms with E-state index in [1.54, 1.807) is 6.92 Å². The zero-order valence-corrected chi connectivity index (χ0v) is 9.34.